The molecule has 0 bridgehead atoms. The Morgan fingerprint density at radius 1 is 1.28 bits per heavy atom. The molecule has 1 aliphatic heterocycles. The monoisotopic (exact) mass is 258 g/mol. The summed E-state index contributed by atoms with van der Waals surface area (Å²) in [5, 5.41) is 11.9. The summed E-state index contributed by atoms with van der Waals surface area (Å²) in [5.74, 6) is -1.78. The van der Waals surface area contributed by atoms with Gasteiger partial charge < -0.3 is 16.2 Å². The quantitative estimate of drug-likeness (QED) is 0.712. The molecule has 1 heterocycles. The lowest BCUT2D eigenvalue weighted by Gasteiger charge is -2.22. The highest BCUT2D eigenvalue weighted by Gasteiger charge is 2.10. The van der Waals surface area contributed by atoms with Crippen LogP contribution >= 0.6 is 0 Å². The Bertz CT molecular complexity index is 352. The molecule has 1 fully saturated rings. The minimum absolute atomic E-state index is 0.230. The van der Waals surface area contributed by atoms with Crippen LogP contribution in [0.1, 0.15) is 25.7 Å². The van der Waals surface area contributed by atoms with E-state index in [9.17, 15) is 8.78 Å². The summed E-state index contributed by atoms with van der Waals surface area (Å²) in [6.45, 7) is 1.47. The normalized spacial score (nSPS) is 18.9. The van der Waals surface area contributed by atoms with Gasteiger partial charge in [-0.2, -0.15) is 0 Å². The summed E-state index contributed by atoms with van der Waals surface area (Å²) in [6.07, 6.45) is 4.82. The van der Waals surface area contributed by atoms with Crippen molar-refractivity contribution in [2.45, 2.75) is 31.7 Å². The van der Waals surface area contributed by atoms with E-state index < -0.39 is 11.6 Å². The van der Waals surface area contributed by atoms with E-state index in [-0.39, 0.29) is 5.69 Å². The molecule has 1 aliphatic rings. The SMILES string of the molecule is Nc1ccc(F)c(F)c1.OCCC1CCCCN1. The van der Waals surface area contributed by atoms with E-state index in [1.54, 1.807) is 0 Å². The molecule has 0 amide bonds. The number of hydrogen-bond donors (Lipinski definition) is 3. The summed E-state index contributed by atoms with van der Waals surface area (Å²) in [7, 11) is 0. The number of nitrogens with two attached hydrogens (primary N) is 1. The minimum atomic E-state index is -0.907. The molecule has 1 aromatic rings. The number of hydrogen-bond acceptors (Lipinski definition) is 3. The van der Waals surface area contributed by atoms with Crippen LogP contribution in [0.15, 0.2) is 18.2 Å². The summed E-state index contributed by atoms with van der Waals surface area (Å²) in [4.78, 5) is 0. The third-order valence-corrected chi connectivity index (χ3v) is 2.83. The molecule has 1 atom stereocenters. The van der Waals surface area contributed by atoms with Gasteiger partial charge in [-0.15, -0.1) is 0 Å². The second-order valence-electron chi connectivity index (χ2n) is 4.33. The fourth-order valence-corrected chi connectivity index (χ4v) is 1.84. The van der Waals surface area contributed by atoms with E-state index >= 15 is 0 Å². The van der Waals surface area contributed by atoms with Gasteiger partial charge >= 0.3 is 0 Å². The summed E-state index contributed by atoms with van der Waals surface area (Å²) >= 11 is 0. The molecule has 18 heavy (non-hydrogen) atoms. The molecule has 0 aliphatic carbocycles. The number of rotatable bonds is 2. The average molecular weight is 258 g/mol. The first kappa shape index (κ1) is 14.9. The largest absolute Gasteiger partial charge is 0.399 e. The molecule has 0 saturated carbocycles. The van der Waals surface area contributed by atoms with Crippen molar-refractivity contribution in [3.63, 3.8) is 0 Å². The molecule has 4 N–H and O–H groups in total. The van der Waals surface area contributed by atoms with Crippen LogP contribution in [0, 0.1) is 11.6 Å². The van der Waals surface area contributed by atoms with Gasteiger partial charge in [0, 0.05) is 18.3 Å². The third kappa shape index (κ3) is 5.42. The maximum Gasteiger partial charge on any atom is 0.160 e. The van der Waals surface area contributed by atoms with Gasteiger partial charge in [0.25, 0.3) is 0 Å². The molecule has 1 saturated heterocycles. The second kappa shape index (κ2) is 8.00. The lowest BCUT2D eigenvalue weighted by Crippen LogP contribution is -2.34. The fraction of sp³-hybridized carbons (Fsp3) is 0.538. The van der Waals surface area contributed by atoms with Crippen molar-refractivity contribution >= 4 is 5.69 Å². The second-order valence-corrected chi connectivity index (χ2v) is 4.33. The van der Waals surface area contributed by atoms with Crippen molar-refractivity contribution < 1.29 is 13.9 Å². The number of anilines is 1. The predicted molar refractivity (Wildman–Crippen MR) is 68.1 cm³/mol. The van der Waals surface area contributed by atoms with Crippen molar-refractivity contribution in [1.29, 1.82) is 0 Å². The topological polar surface area (TPSA) is 58.3 Å². The first-order valence-corrected chi connectivity index (χ1v) is 6.18. The highest BCUT2D eigenvalue weighted by atomic mass is 19.2. The first-order valence-electron chi connectivity index (χ1n) is 6.18. The molecule has 102 valence electrons. The number of aliphatic hydroxyl groups is 1. The summed E-state index contributed by atoms with van der Waals surface area (Å²) in [6, 6.07) is 3.84. The number of benzene rings is 1. The summed E-state index contributed by atoms with van der Waals surface area (Å²) in [5.41, 5.74) is 5.35. The standard InChI is InChI=1S/C7H15NO.C6H5F2N/c9-6-4-7-3-1-2-5-8-7;7-5-2-1-4(9)3-6(5)8/h7-9H,1-6H2;1-3H,9H2. The maximum atomic E-state index is 12.1. The molecule has 3 nitrogen and oxygen atoms in total. The Morgan fingerprint density at radius 2 is 2.06 bits per heavy atom. The zero-order valence-corrected chi connectivity index (χ0v) is 10.3. The average Bonchev–Trinajstić information content (AvgIpc) is 2.37. The van der Waals surface area contributed by atoms with Crippen molar-refractivity contribution in [2.75, 3.05) is 18.9 Å². The van der Waals surface area contributed by atoms with Gasteiger partial charge in [-0.25, -0.2) is 8.78 Å². The number of halogens is 2. The molecule has 0 aromatic heterocycles. The number of piperidine rings is 1. The van der Waals surface area contributed by atoms with E-state index in [2.05, 4.69) is 5.32 Å². The summed E-state index contributed by atoms with van der Waals surface area (Å²) < 4.78 is 24.2. The van der Waals surface area contributed by atoms with Gasteiger partial charge in [-0.3, -0.25) is 0 Å². The van der Waals surface area contributed by atoms with Crippen LogP contribution in [-0.2, 0) is 0 Å². The zero-order chi connectivity index (χ0) is 13.4. The van der Waals surface area contributed by atoms with Crippen molar-refractivity contribution in [3.05, 3.63) is 29.8 Å². The minimum Gasteiger partial charge on any atom is -0.399 e. The predicted octanol–water partition coefficient (Wildman–Crippen LogP) is 2.06. The van der Waals surface area contributed by atoms with Crippen LogP contribution in [0.3, 0.4) is 0 Å². The number of aliphatic hydroxyl groups excluding tert-OH is 1. The zero-order valence-electron chi connectivity index (χ0n) is 10.3. The van der Waals surface area contributed by atoms with Gasteiger partial charge in [-0.05, 0) is 44.0 Å². The van der Waals surface area contributed by atoms with E-state index in [0.29, 0.717) is 12.6 Å². The van der Waals surface area contributed by atoms with Gasteiger partial charge in [0.05, 0.1) is 0 Å². The fourth-order valence-electron chi connectivity index (χ4n) is 1.84. The van der Waals surface area contributed by atoms with Crippen LogP contribution in [0.25, 0.3) is 0 Å². The van der Waals surface area contributed by atoms with Crippen LogP contribution < -0.4 is 11.1 Å². The van der Waals surface area contributed by atoms with Gasteiger partial charge in [0.2, 0.25) is 0 Å². The molecule has 1 unspecified atom stereocenters. The lowest BCUT2D eigenvalue weighted by atomic mass is 10.0. The Morgan fingerprint density at radius 3 is 2.56 bits per heavy atom. The molecule has 1 aromatic carbocycles. The maximum absolute atomic E-state index is 12.1. The third-order valence-electron chi connectivity index (χ3n) is 2.83. The Labute approximate surface area is 106 Å². The number of nitrogens with one attached hydrogen (secondary N) is 1. The van der Waals surface area contributed by atoms with Gasteiger partial charge in [0.15, 0.2) is 11.6 Å². The van der Waals surface area contributed by atoms with E-state index in [1.165, 1.54) is 25.3 Å². The molecular formula is C13H20F2N2O. The van der Waals surface area contributed by atoms with Crippen LogP contribution in [0.5, 0.6) is 0 Å². The van der Waals surface area contributed by atoms with E-state index in [0.717, 1.165) is 25.1 Å². The van der Waals surface area contributed by atoms with Crippen LogP contribution in [0.4, 0.5) is 14.5 Å². The van der Waals surface area contributed by atoms with Crippen molar-refractivity contribution in [3.8, 4) is 0 Å². The Hall–Kier alpha value is -1.20. The molecule has 2 rings (SSSR count). The molecular weight excluding hydrogens is 238 g/mol. The molecule has 0 spiro atoms. The lowest BCUT2D eigenvalue weighted by molar-refractivity contribution is 0.250. The van der Waals surface area contributed by atoms with E-state index in [4.69, 9.17) is 10.8 Å². The Balaban J connectivity index is 0.000000180. The van der Waals surface area contributed by atoms with Gasteiger partial charge in [-0.1, -0.05) is 6.42 Å². The van der Waals surface area contributed by atoms with Crippen molar-refractivity contribution in [1.82, 2.24) is 5.32 Å². The highest BCUT2D eigenvalue weighted by Crippen LogP contribution is 2.09. The van der Waals surface area contributed by atoms with E-state index in [1.807, 2.05) is 0 Å². The number of nitrogen functional groups attached to an aromatic ring is 1. The highest BCUT2D eigenvalue weighted by molar-refractivity contribution is 5.37. The first-order chi connectivity index (χ1) is 8.63. The smallest absolute Gasteiger partial charge is 0.160 e. The molecule has 5 heteroatoms. The van der Waals surface area contributed by atoms with Gasteiger partial charge in [0.1, 0.15) is 0 Å². The molecule has 0 radical (unpaired) electrons. The Kier molecular flexibility index (Phi) is 6.60. The van der Waals surface area contributed by atoms with Crippen LogP contribution in [0.2, 0.25) is 0 Å². The van der Waals surface area contributed by atoms with Crippen LogP contribution in [-0.4, -0.2) is 24.3 Å². The van der Waals surface area contributed by atoms with Crippen molar-refractivity contribution in [2.24, 2.45) is 0 Å².